The van der Waals surface area contributed by atoms with Crippen LogP contribution in [0.2, 0.25) is 0 Å². The summed E-state index contributed by atoms with van der Waals surface area (Å²) in [6.45, 7) is 3.85. The van der Waals surface area contributed by atoms with Crippen LogP contribution in [0.1, 0.15) is 11.1 Å². The minimum Gasteiger partial charge on any atom is -0.380 e. The molecule has 0 aromatic heterocycles. The Morgan fingerprint density at radius 1 is 0.667 bits per heavy atom. The monoisotopic (exact) mass is 394 g/mol. The van der Waals surface area contributed by atoms with E-state index in [4.69, 9.17) is 0 Å². The fourth-order valence-electron chi connectivity index (χ4n) is 3.10. The van der Waals surface area contributed by atoms with Crippen LogP contribution in [0.4, 0.5) is 0 Å². The van der Waals surface area contributed by atoms with Crippen LogP contribution in [0.25, 0.3) is 0 Å². The van der Waals surface area contributed by atoms with Gasteiger partial charge in [-0.3, -0.25) is 0 Å². The zero-order valence-electron chi connectivity index (χ0n) is 15.0. The Hall–Kier alpha value is -1.34. The van der Waals surface area contributed by atoms with Crippen molar-refractivity contribution in [2.24, 2.45) is 0 Å². The van der Waals surface area contributed by atoms with E-state index < -0.39 is 5.60 Å². The minimum atomic E-state index is -1.17. The first-order valence-electron chi connectivity index (χ1n) is 8.65. The minimum absolute atomic E-state index is 0. The van der Waals surface area contributed by atoms with Gasteiger partial charge in [0.2, 0.25) is 0 Å². The van der Waals surface area contributed by atoms with Crippen molar-refractivity contribution in [1.29, 1.82) is 0 Å². The van der Waals surface area contributed by atoms with Crippen LogP contribution in [0.5, 0.6) is 0 Å². The summed E-state index contributed by atoms with van der Waals surface area (Å²) in [5.41, 5.74) is 0.534. The van der Waals surface area contributed by atoms with Gasteiger partial charge < -0.3 is 5.11 Å². The normalized spacial score (nSPS) is 17.7. The molecular weight excluding hydrogens is 372 g/mol. The van der Waals surface area contributed by atoms with E-state index in [-0.39, 0.29) is 17.1 Å². The molecule has 0 unspecified atom stereocenters. The smallest absolute Gasteiger partial charge is 0.380 e. The van der Waals surface area contributed by atoms with Gasteiger partial charge in [-0.25, -0.2) is 0 Å². The Balaban J connectivity index is 0.000000379. The second kappa shape index (κ2) is 10.9. The second-order valence-corrected chi connectivity index (χ2v) is 6.00. The van der Waals surface area contributed by atoms with Crippen molar-refractivity contribution in [2.45, 2.75) is 5.60 Å². The molecule has 0 heterocycles. The van der Waals surface area contributed by atoms with Gasteiger partial charge in [-0.1, -0.05) is 66.7 Å². The first-order valence-corrected chi connectivity index (χ1v) is 8.65. The van der Waals surface area contributed by atoms with Crippen LogP contribution in [0.15, 0.2) is 73.3 Å². The van der Waals surface area contributed by atoms with Gasteiger partial charge in [0, 0.05) is 11.8 Å². The van der Waals surface area contributed by atoms with Crippen molar-refractivity contribution in [3.63, 3.8) is 0 Å². The first kappa shape index (κ1) is 22.0. The van der Waals surface area contributed by atoms with Crippen molar-refractivity contribution in [3.8, 4) is 0 Å². The Bertz CT molecular complexity index is 616. The maximum absolute atomic E-state index is 11.6. The summed E-state index contributed by atoms with van der Waals surface area (Å²) in [6.07, 6.45) is 17.7. The van der Waals surface area contributed by atoms with E-state index in [9.17, 15) is 5.11 Å². The second-order valence-electron chi connectivity index (χ2n) is 6.00. The Kier molecular flexibility index (Phi) is 8.83. The third kappa shape index (κ3) is 5.13. The molecule has 2 aromatic rings. The number of benzene rings is 2. The van der Waals surface area contributed by atoms with Crippen molar-refractivity contribution in [3.05, 3.63) is 148 Å². The van der Waals surface area contributed by atoms with E-state index >= 15 is 0 Å². The van der Waals surface area contributed by atoms with Crippen LogP contribution in [-0.2, 0) is 22.7 Å². The van der Waals surface area contributed by atoms with Gasteiger partial charge in [-0.2, -0.15) is 0 Å². The third-order valence-electron chi connectivity index (χ3n) is 4.40. The molecule has 2 heteroatoms. The predicted molar refractivity (Wildman–Crippen MR) is 107 cm³/mol. The molecule has 2 fully saturated rings. The quantitative estimate of drug-likeness (QED) is 0.732. The van der Waals surface area contributed by atoms with Gasteiger partial charge in [-0.05, 0) is 62.5 Å². The van der Waals surface area contributed by atoms with E-state index in [1.165, 1.54) is 0 Å². The molecule has 2 aliphatic rings. The van der Waals surface area contributed by atoms with Gasteiger partial charge in [0.1, 0.15) is 5.60 Å². The molecule has 0 bridgehead atoms. The fraction of sp³-hybridized carbons (Fsp3) is 0.0400. The molecule has 4 rings (SSSR count). The molecule has 2 aromatic carbocycles. The van der Waals surface area contributed by atoms with E-state index in [1.54, 1.807) is 6.08 Å². The Morgan fingerprint density at radius 3 is 1.52 bits per heavy atom. The van der Waals surface area contributed by atoms with Crippen LogP contribution in [0.3, 0.4) is 0 Å². The van der Waals surface area contributed by atoms with Gasteiger partial charge >= 0.3 is 17.1 Å². The van der Waals surface area contributed by atoms with Crippen molar-refractivity contribution >= 4 is 0 Å². The maximum atomic E-state index is 11.6. The summed E-state index contributed by atoms with van der Waals surface area (Å²) >= 11 is 0. The number of allylic oxidation sites excluding steroid dienone is 1. The molecule has 2 aliphatic carbocycles. The van der Waals surface area contributed by atoms with Gasteiger partial charge in [0.05, 0.1) is 0 Å². The number of hydrogen-bond donors (Lipinski definition) is 1. The van der Waals surface area contributed by atoms with Crippen molar-refractivity contribution in [2.75, 3.05) is 0 Å². The van der Waals surface area contributed by atoms with Gasteiger partial charge in [0.25, 0.3) is 0 Å². The molecule has 0 saturated heterocycles. The number of hydrogen-bond acceptors (Lipinski definition) is 1. The molecule has 2 saturated carbocycles. The Labute approximate surface area is 175 Å². The molecule has 134 valence electrons. The van der Waals surface area contributed by atoms with Crippen molar-refractivity contribution < 1.29 is 22.2 Å². The summed E-state index contributed by atoms with van der Waals surface area (Å²) < 4.78 is 0. The average Bonchev–Trinajstić information content (AvgIpc) is 3.43. The molecule has 1 nitrogen and oxygen atoms in total. The first-order chi connectivity index (χ1) is 12.8. The predicted octanol–water partition coefficient (Wildman–Crippen LogP) is 4.90. The summed E-state index contributed by atoms with van der Waals surface area (Å²) in [5, 5.41) is 11.6. The van der Waals surface area contributed by atoms with E-state index in [0.29, 0.717) is 0 Å². The number of aliphatic hydroxyl groups is 1. The SMILES string of the molecule is C=C[C]1[CH][CH][CH][C]1C(O)(c1ccccc1)c1ccccc1.[CH]1[CH][CH][CH][CH]1.[Fe+2]. The average molecular weight is 394 g/mol. The van der Waals surface area contributed by atoms with Crippen LogP contribution in [-0.4, -0.2) is 5.11 Å². The van der Waals surface area contributed by atoms with Crippen LogP contribution < -0.4 is 0 Å². The molecule has 1 N–H and O–H groups in total. The summed E-state index contributed by atoms with van der Waals surface area (Å²) in [5.74, 6) is 1.81. The largest absolute Gasteiger partial charge is 2.00 e. The van der Waals surface area contributed by atoms with Crippen LogP contribution in [0, 0.1) is 63.2 Å². The number of rotatable bonds is 4. The van der Waals surface area contributed by atoms with Crippen LogP contribution >= 0.6 is 0 Å². The molecule has 0 atom stereocenters. The third-order valence-corrected chi connectivity index (χ3v) is 4.40. The van der Waals surface area contributed by atoms with Gasteiger partial charge in [-0.15, -0.1) is 6.58 Å². The van der Waals surface area contributed by atoms with Crippen molar-refractivity contribution in [1.82, 2.24) is 0 Å². The molecule has 10 radical (unpaired) electrons. The molecule has 0 amide bonds. The maximum Gasteiger partial charge on any atom is 2.00 e. The standard InChI is InChI=1S/C20H17O.C5H5.Fe/c1-2-16-10-9-15-19(16)20(21,17-11-5-3-6-12-17)18-13-7-4-8-14-18;1-2-4-5-3-1;/h2-15,21H,1H2;1-5H;/q;;+2. The van der Waals surface area contributed by atoms with Gasteiger partial charge in [0.15, 0.2) is 0 Å². The molecule has 27 heavy (non-hydrogen) atoms. The fourth-order valence-corrected chi connectivity index (χ4v) is 3.10. The summed E-state index contributed by atoms with van der Waals surface area (Å²) in [4.78, 5) is 0. The van der Waals surface area contributed by atoms with E-state index in [1.807, 2.05) is 112 Å². The van der Waals surface area contributed by atoms with E-state index in [2.05, 4.69) is 6.58 Å². The summed E-state index contributed by atoms with van der Waals surface area (Å²) in [7, 11) is 0. The zero-order valence-corrected chi connectivity index (χ0v) is 16.1. The molecule has 0 spiro atoms. The topological polar surface area (TPSA) is 20.2 Å². The molecule has 0 aliphatic heterocycles. The van der Waals surface area contributed by atoms with E-state index in [0.717, 1.165) is 23.0 Å². The zero-order chi connectivity index (χ0) is 18.2. The Morgan fingerprint density at radius 2 is 1.11 bits per heavy atom. The molecular formula is C25H22FeO+2. The summed E-state index contributed by atoms with van der Waals surface area (Å²) in [6, 6.07) is 19.5.